The summed E-state index contributed by atoms with van der Waals surface area (Å²) in [5, 5.41) is 4.34. The number of aryl methyl sites for hydroxylation is 1. The van der Waals surface area contributed by atoms with Gasteiger partial charge in [-0.25, -0.2) is 4.98 Å². The van der Waals surface area contributed by atoms with E-state index in [0.717, 1.165) is 12.1 Å². The van der Waals surface area contributed by atoms with Gasteiger partial charge in [0.1, 0.15) is 0 Å². The predicted molar refractivity (Wildman–Crippen MR) is 68.1 cm³/mol. The normalized spacial score (nSPS) is 14.8. The average Bonchev–Trinajstić information content (AvgIpc) is 2.17. The second-order valence-electron chi connectivity index (χ2n) is 3.82. The van der Waals surface area contributed by atoms with Gasteiger partial charge in [-0.3, -0.25) is 4.79 Å². The molecule has 4 nitrogen and oxygen atoms in total. The minimum atomic E-state index is -0.0836. The maximum absolute atomic E-state index is 11.3. The molecule has 0 aromatic carbocycles. The summed E-state index contributed by atoms with van der Waals surface area (Å²) in [6.07, 6.45) is 1.06. The topological polar surface area (TPSA) is 57.8 Å². The molecule has 5 heteroatoms. The third-order valence-corrected chi connectivity index (χ3v) is 3.64. The lowest BCUT2D eigenvalue weighted by molar-refractivity contribution is 0.540. The highest BCUT2D eigenvalue weighted by Crippen LogP contribution is 2.22. The van der Waals surface area contributed by atoms with Crippen molar-refractivity contribution in [2.75, 3.05) is 7.05 Å². The molecule has 1 aromatic rings. The van der Waals surface area contributed by atoms with Crippen LogP contribution >= 0.6 is 11.8 Å². The lowest BCUT2D eigenvalue weighted by Gasteiger charge is -2.20. The first kappa shape index (κ1) is 13.3. The molecule has 0 radical (unpaired) electrons. The van der Waals surface area contributed by atoms with Crippen molar-refractivity contribution in [3.8, 4) is 0 Å². The molecule has 0 saturated heterocycles. The van der Waals surface area contributed by atoms with Gasteiger partial charge >= 0.3 is 0 Å². The molecule has 1 heterocycles. The van der Waals surface area contributed by atoms with Crippen LogP contribution in [0.4, 0.5) is 0 Å². The summed E-state index contributed by atoms with van der Waals surface area (Å²) in [4.78, 5) is 18.3. The Morgan fingerprint density at radius 2 is 2.31 bits per heavy atom. The van der Waals surface area contributed by atoms with Crippen molar-refractivity contribution in [2.45, 2.75) is 43.6 Å². The summed E-state index contributed by atoms with van der Waals surface area (Å²) in [5.41, 5.74) is 0.677. The van der Waals surface area contributed by atoms with Gasteiger partial charge in [0.25, 0.3) is 5.56 Å². The molecular weight excluding hydrogens is 222 g/mol. The maximum Gasteiger partial charge on any atom is 0.251 e. The molecule has 0 spiro atoms. The molecule has 0 bridgehead atoms. The maximum atomic E-state index is 11.3. The smallest absolute Gasteiger partial charge is 0.251 e. The molecule has 16 heavy (non-hydrogen) atoms. The minimum absolute atomic E-state index is 0.0836. The van der Waals surface area contributed by atoms with Crippen LogP contribution in [-0.4, -0.2) is 28.3 Å². The molecule has 1 rings (SSSR count). The Morgan fingerprint density at radius 3 is 2.81 bits per heavy atom. The number of hydrogen-bond acceptors (Lipinski definition) is 4. The van der Waals surface area contributed by atoms with Crippen LogP contribution in [0.1, 0.15) is 26.0 Å². The van der Waals surface area contributed by atoms with Crippen molar-refractivity contribution in [2.24, 2.45) is 0 Å². The van der Waals surface area contributed by atoms with Crippen molar-refractivity contribution in [3.05, 3.63) is 22.1 Å². The fourth-order valence-corrected chi connectivity index (χ4v) is 2.84. The largest absolute Gasteiger partial charge is 0.316 e. The highest BCUT2D eigenvalue weighted by molar-refractivity contribution is 7.99. The molecule has 2 atom stereocenters. The van der Waals surface area contributed by atoms with Crippen molar-refractivity contribution in [1.29, 1.82) is 0 Å². The van der Waals surface area contributed by atoms with Crippen LogP contribution in [0.15, 0.2) is 16.0 Å². The second kappa shape index (κ2) is 6.06. The van der Waals surface area contributed by atoms with E-state index in [0.29, 0.717) is 16.4 Å². The summed E-state index contributed by atoms with van der Waals surface area (Å²) in [7, 11) is 1.96. The van der Waals surface area contributed by atoms with Gasteiger partial charge in [0, 0.05) is 23.1 Å². The molecule has 2 N–H and O–H groups in total. The Kier molecular flexibility index (Phi) is 5.02. The molecule has 90 valence electrons. The Morgan fingerprint density at radius 1 is 1.62 bits per heavy atom. The van der Waals surface area contributed by atoms with Crippen molar-refractivity contribution < 1.29 is 0 Å². The minimum Gasteiger partial charge on any atom is -0.316 e. The van der Waals surface area contributed by atoms with E-state index < -0.39 is 0 Å². The van der Waals surface area contributed by atoms with Crippen LogP contribution in [0.2, 0.25) is 0 Å². The van der Waals surface area contributed by atoms with Crippen LogP contribution in [-0.2, 0) is 0 Å². The van der Waals surface area contributed by atoms with E-state index in [1.54, 1.807) is 11.8 Å². The van der Waals surface area contributed by atoms with Gasteiger partial charge in [-0.2, -0.15) is 0 Å². The van der Waals surface area contributed by atoms with Gasteiger partial charge in [-0.05, 0) is 20.4 Å². The Labute approximate surface area is 100 Å². The van der Waals surface area contributed by atoms with E-state index in [1.807, 2.05) is 14.0 Å². The first-order valence-electron chi connectivity index (χ1n) is 5.48. The van der Waals surface area contributed by atoms with Gasteiger partial charge in [0.15, 0.2) is 5.16 Å². The fourth-order valence-electron chi connectivity index (χ4n) is 1.64. The van der Waals surface area contributed by atoms with Crippen molar-refractivity contribution in [1.82, 2.24) is 15.3 Å². The summed E-state index contributed by atoms with van der Waals surface area (Å²) in [6, 6.07) is 1.93. The number of H-pyrrole nitrogens is 1. The third kappa shape index (κ3) is 3.64. The quantitative estimate of drug-likeness (QED) is 0.607. The lowest BCUT2D eigenvalue weighted by Crippen LogP contribution is -2.33. The zero-order valence-corrected chi connectivity index (χ0v) is 11.0. The first-order chi connectivity index (χ1) is 7.56. The molecule has 0 aliphatic rings. The van der Waals surface area contributed by atoms with E-state index in [2.05, 4.69) is 29.1 Å². The number of aromatic amines is 1. The van der Waals surface area contributed by atoms with Gasteiger partial charge < -0.3 is 10.3 Å². The number of nitrogens with zero attached hydrogens (tertiary/aromatic N) is 1. The van der Waals surface area contributed by atoms with Crippen LogP contribution in [0.3, 0.4) is 0 Å². The number of thioether (sulfide) groups is 1. The second-order valence-corrected chi connectivity index (χ2v) is 5.18. The molecular formula is C11H19N3OS. The standard InChI is InChI=1S/C11H19N3OS/c1-5-9(12-4)8(3)16-11-13-7(2)6-10(15)14-11/h6,8-9,12H,5H2,1-4H3,(H,13,14,15). The number of hydrogen-bond donors (Lipinski definition) is 2. The molecule has 2 unspecified atom stereocenters. The molecule has 0 amide bonds. The number of nitrogens with one attached hydrogen (secondary N) is 2. The van der Waals surface area contributed by atoms with Crippen LogP contribution in [0.5, 0.6) is 0 Å². The van der Waals surface area contributed by atoms with Gasteiger partial charge in [-0.1, -0.05) is 25.6 Å². The Bertz CT molecular complexity index is 387. The average molecular weight is 241 g/mol. The van der Waals surface area contributed by atoms with Crippen LogP contribution in [0, 0.1) is 6.92 Å². The lowest BCUT2D eigenvalue weighted by atomic mass is 10.2. The summed E-state index contributed by atoms with van der Waals surface area (Å²) in [5.74, 6) is 0. The highest BCUT2D eigenvalue weighted by Gasteiger charge is 2.15. The van der Waals surface area contributed by atoms with Crippen molar-refractivity contribution >= 4 is 11.8 Å². The molecule has 0 aliphatic heterocycles. The summed E-state index contributed by atoms with van der Waals surface area (Å²) >= 11 is 1.60. The predicted octanol–water partition coefficient (Wildman–Crippen LogP) is 1.56. The molecule has 1 aromatic heterocycles. The zero-order valence-electron chi connectivity index (χ0n) is 10.2. The zero-order chi connectivity index (χ0) is 12.1. The van der Waals surface area contributed by atoms with Crippen molar-refractivity contribution in [3.63, 3.8) is 0 Å². The monoisotopic (exact) mass is 241 g/mol. The molecule has 0 fully saturated rings. The Balaban J connectivity index is 2.76. The van der Waals surface area contributed by atoms with E-state index >= 15 is 0 Å². The van der Waals surface area contributed by atoms with E-state index in [1.165, 1.54) is 6.07 Å². The molecule has 0 aliphatic carbocycles. The van der Waals surface area contributed by atoms with E-state index in [-0.39, 0.29) is 5.56 Å². The summed E-state index contributed by atoms with van der Waals surface area (Å²) < 4.78 is 0. The van der Waals surface area contributed by atoms with E-state index in [4.69, 9.17) is 0 Å². The highest BCUT2D eigenvalue weighted by atomic mass is 32.2. The number of rotatable bonds is 5. The summed E-state index contributed by atoms with van der Waals surface area (Å²) in [6.45, 7) is 6.11. The number of aromatic nitrogens is 2. The first-order valence-corrected chi connectivity index (χ1v) is 6.36. The molecule has 0 saturated carbocycles. The van der Waals surface area contributed by atoms with Gasteiger partial charge in [-0.15, -0.1) is 0 Å². The SMILES string of the molecule is CCC(NC)C(C)Sc1nc(C)cc(=O)[nH]1. The van der Waals surface area contributed by atoms with Crippen LogP contribution in [0.25, 0.3) is 0 Å². The van der Waals surface area contributed by atoms with Crippen LogP contribution < -0.4 is 10.9 Å². The van der Waals surface area contributed by atoms with E-state index in [9.17, 15) is 4.79 Å². The van der Waals surface area contributed by atoms with Gasteiger partial charge in [0.05, 0.1) is 0 Å². The Hall–Kier alpha value is -0.810. The van der Waals surface area contributed by atoms with Gasteiger partial charge in [0.2, 0.25) is 0 Å². The third-order valence-electron chi connectivity index (χ3n) is 2.52. The fraction of sp³-hybridized carbons (Fsp3) is 0.636.